The summed E-state index contributed by atoms with van der Waals surface area (Å²) in [5.74, 6) is 1.12. The average molecular weight is 241 g/mol. The maximum Gasteiger partial charge on any atom is 0.188 e. The van der Waals surface area contributed by atoms with E-state index in [0.29, 0.717) is 6.04 Å². The van der Waals surface area contributed by atoms with Gasteiger partial charge in [0.05, 0.1) is 0 Å². The molecule has 3 nitrogen and oxygen atoms in total. The van der Waals surface area contributed by atoms with Gasteiger partial charge in [-0.1, -0.05) is 11.8 Å². The summed E-state index contributed by atoms with van der Waals surface area (Å²) in [6.45, 7) is 1.17. The zero-order chi connectivity index (χ0) is 10.5. The fraction of sp³-hybridized carbons (Fsp3) is 0.600. The van der Waals surface area contributed by atoms with Crippen LogP contribution < -0.4 is 5.32 Å². The number of rotatable bonds is 4. The van der Waals surface area contributed by atoms with Crippen molar-refractivity contribution in [2.75, 3.05) is 18.6 Å². The molecule has 1 fully saturated rings. The molecule has 1 N–H and O–H groups in total. The van der Waals surface area contributed by atoms with Crippen LogP contribution in [0.25, 0.3) is 0 Å². The van der Waals surface area contributed by atoms with Gasteiger partial charge in [0, 0.05) is 18.0 Å². The molecule has 0 saturated carbocycles. The van der Waals surface area contributed by atoms with Crippen LogP contribution in [0.15, 0.2) is 22.4 Å². The van der Waals surface area contributed by atoms with Crippen LogP contribution in [-0.2, 0) is 0 Å². The van der Waals surface area contributed by atoms with Crippen molar-refractivity contribution in [2.24, 2.45) is 0 Å². The Morgan fingerprint density at radius 1 is 1.60 bits per heavy atom. The van der Waals surface area contributed by atoms with E-state index in [1.807, 2.05) is 30.3 Å². The fourth-order valence-electron chi connectivity index (χ4n) is 1.59. The third-order valence-electron chi connectivity index (χ3n) is 2.39. The SMILES string of the molecule is CSc1nccc(SC[C@@H]2CCCN2)n1. The van der Waals surface area contributed by atoms with Crippen molar-refractivity contribution in [3.8, 4) is 0 Å². The molecule has 0 spiro atoms. The van der Waals surface area contributed by atoms with Crippen molar-refractivity contribution in [1.29, 1.82) is 0 Å². The van der Waals surface area contributed by atoms with Crippen molar-refractivity contribution in [1.82, 2.24) is 15.3 Å². The molecule has 5 heteroatoms. The van der Waals surface area contributed by atoms with E-state index in [1.165, 1.54) is 19.4 Å². The van der Waals surface area contributed by atoms with Crippen molar-refractivity contribution in [3.63, 3.8) is 0 Å². The quantitative estimate of drug-likeness (QED) is 0.496. The van der Waals surface area contributed by atoms with Gasteiger partial charge in [-0.05, 0) is 31.7 Å². The molecule has 0 bridgehead atoms. The van der Waals surface area contributed by atoms with Gasteiger partial charge >= 0.3 is 0 Å². The molecule has 1 atom stereocenters. The first-order valence-corrected chi connectivity index (χ1v) is 7.33. The van der Waals surface area contributed by atoms with Gasteiger partial charge in [0.2, 0.25) is 0 Å². The fourth-order valence-corrected chi connectivity index (χ4v) is 2.97. The maximum absolute atomic E-state index is 4.44. The number of nitrogens with one attached hydrogen (secondary N) is 1. The molecule has 15 heavy (non-hydrogen) atoms. The highest BCUT2D eigenvalue weighted by Crippen LogP contribution is 2.20. The van der Waals surface area contributed by atoms with E-state index in [-0.39, 0.29) is 0 Å². The number of hydrogen-bond acceptors (Lipinski definition) is 5. The van der Waals surface area contributed by atoms with E-state index in [0.717, 1.165) is 15.9 Å². The highest BCUT2D eigenvalue weighted by molar-refractivity contribution is 7.99. The zero-order valence-electron chi connectivity index (χ0n) is 8.77. The Labute approximate surface area is 98.9 Å². The molecule has 82 valence electrons. The molecule has 2 heterocycles. The summed E-state index contributed by atoms with van der Waals surface area (Å²) in [6, 6.07) is 2.65. The number of hydrogen-bond donors (Lipinski definition) is 1. The van der Waals surface area contributed by atoms with Crippen molar-refractivity contribution in [3.05, 3.63) is 12.3 Å². The van der Waals surface area contributed by atoms with Gasteiger partial charge in [-0.25, -0.2) is 9.97 Å². The predicted octanol–water partition coefficient (Wildman–Crippen LogP) is 2.04. The lowest BCUT2D eigenvalue weighted by molar-refractivity contribution is 0.673. The Balaban J connectivity index is 1.86. The molecule has 0 unspecified atom stereocenters. The summed E-state index contributed by atoms with van der Waals surface area (Å²) >= 11 is 3.41. The highest BCUT2D eigenvalue weighted by Gasteiger charge is 2.14. The normalized spacial score (nSPS) is 20.7. The van der Waals surface area contributed by atoms with Crippen LogP contribution in [0.3, 0.4) is 0 Å². The second kappa shape index (κ2) is 5.72. The van der Waals surface area contributed by atoms with Crippen molar-refractivity contribution >= 4 is 23.5 Å². The van der Waals surface area contributed by atoms with Crippen LogP contribution in [-0.4, -0.2) is 34.6 Å². The van der Waals surface area contributed by atoms with Crippen LogP contribution in [0.1, 0.15) is 12.8 Å². The Kier molecular flexibility index (Phi) is 4.29. The van der Waals surface area contributed by atoms with Crippen molar-refractivity contribution < 1.29 is 0 Å². The standard InChI is InChI=1S/C10H15N3S2/c1-14-10-12-6-4-9(13-10)15-7-8-3-2-5-11-8/h4,6,8,11H,2-3,5,7H2,1H3/t8-/m0/s1. The smallest absolute Gasteiger partial charge is 0.188 e. The number of nitrogens with zero attached hydrogens (tertiary/aromatic N) is 2. The monoisotopic (exact) mass is 241 g/mol. The summed E-state index contributed by atoms with van der Waals surface area (Å²) in [5.41, 5.74) is 0. The van der Waals surface area contributed by atoms with Crippen LogP contribution in [0, 0.1) is 0 Å². The van der Waals surface area contributed by atoms with E-state index in [1.54, 1.807) is 11.8 Å². The van der Waals surface area contributed by atoms with Crippen LogP contribution in [0.2, 0.25) is 0 Å². The Morgan fingerprint density at radius 3 is 3.27 bits per heavy atom. The van der Waals surface area contributed by atoms with Gasteiger partial charge in [-0.15, -0.1) is 11.8 Å². The molecule has 0 aliphatic carbocycles. The second-order valence-corrected chi connectivity index (χ2v) is 5.30. The molecule has 1 aliphatic rings. The molecule has 1 saturated heterocycles. The highest BCUT2D eigenvalue weighted by atomic mass is 32.2. The molecule has 0 radical (unpaired) electrons. The first-order chi connectivity index (χ1) is 7.38. The van der Waals surface area contributed by atoms with E-state index in [4.69, 9.17) is 0 Å². The summed E-state index contributed by atoms with van der Waals surface area (Å²) in [6.07, 6.45) is 6.45. The Morgan fingerprint density at radius 2 is 2.53 bits per heavy atom. The third kappa shape index (κ3) is 3.36. The topological polar surface area (TPSA) is 37.8 Å². The molecular weight excluding hydrogens is 226 g/mol. The lowest BCUT2D eigenvalue weighted by Crippen LogP contribution is -2.23. The van der Waals surface area contributed by atoms with E-state index in [9.17, 15) is 0 Å². The number of thioether (sulfide) groups is 2. The van der Waals surface area contributed by atoms with Gasteiger partial charge in [0.25, 0.3) is 0 Å². The Bertz CT molecular complexity index is 313. The van der Waals surface area contributed by atoms with Crippen LogP contribution >= 0.6 is 23.5 Å². The average Bonchev–Trinajstić information content (AvgIpc) is 2.79. The second-order valence-electron chi connectivity index (χ2n) is 3.49. The largest absolute Gasteiger partial charge is 0.313 e. The zero-order valence-corrected chi connectivity index (χ0v) is 10.4. The minimum atomic E-state index is 0.669. The van der Waals surface area contributed by atoms with E-state index in [2.05, 4.69) is 15.3 Å². The summed E-state index contributed by atoms with van der Waals surface area (Å²) in [4.78, 5) is 8.60. The summed E-state index contributed by atoms with van der Waals surface area (Å²) in [7, 11) is 0. The minimum Gasteiger partial charge on any atom is -0.313 e. The molecule has 0 aromatic carbocycles. The summed E-state index contributed by atoms with van der Waals surface area (Å²) < 4.78 is 0. The maximum atomic E-state index is 4.44. The van der Waals surface area contributed by atoms with Gasteiger partial charge < -0.3 is 5.32 Å². The molecule has 1 aromatic rings. The van der Waals surface area contributed by atoms with Crippen LogP contribution in [0.5, 0.6) is 0 Å². The van der Waals surface area contributed by atoms with E-state index >= 15 is 0 Å². The molecule has 1 aliphatic heterocycles. The first-order valence-electron chi connectivity index (χ1n) is 5.11. The predicted molar refractivity (Wildman–Crippen MR) is 65.6 cm³/mol. The minimum absolute atomic E-state index is 0.669. The third-order valence-corrected chi connectivity index (χ3v) is 4.04. The molecular formula is C10H15N3S2. The summed E-state index contributed by atoms with van der Waals surface area (Å²) in [5, 5.41) is 5.43. The van der Waals surface area contributed by atoms with Gasteiger partial charge in [0.15, 0.2) is 5.16 Å². The molecule has 1 aromatic heterocycles. The van der Waals surface area contributed by atoms with Gasteiger partial charge in [-0.2, -0.15) is 0 Å². The lowest BCUT2D eigenvalue weighted by atomic mass is 10.3. The lowest BCUT2D eigenvalue weighted by Gasteiger charge is -2.08. The van der Waals surface area contributed by atoms with E-state index < -0.39 is 0 Å². The Hall–Kier alpha value is -0.260. The van der Waals surface area contributed by atoms with Gasteiger partial charge in [0.1, 0.15) is 5.03 Å². The first kappa shape index (κ1) is 11.2. The number of aromatic nitrogens is 2. The van der Waals surface area contributed by atoms with Crippen molar-refractivity contribution in [2.45, 2.75) is 29.1 Å². The molecule has 0 amide bonds. The van der Waals surface area contributed by atoms with Crippen LogP contribution in [0.4, 0.5) is 0 Å². The molecule has 2 rings (SSSR count). The van der Waals surface area contributed by atoms with Gasteiger partial charge in [-0.3, -0.25) is 0 Å².